The Kier molecular flexibility index (Phi) is 3.56. The number of piperidine rings is 1. The fraction of sp³-hybridized carbons (Fsp3) is 0.562. The summed E-state index contributed by atoms with van der Waals surface area (Å²) < 4.78 is 0. The Balaban J connectivity index is 1.85. The summed E-state index contributed by atoms with van der Waals surface area (Å²) >= 11 is 0. The number of para-hydroxylation sites is 1. The van der Waals surface area contributed by atoms with Gasteiger partial charge in [0.2, 0.25) is 5.91 Å². The van der Waals surface area contributed by atoms with Crippen molar-refractivity contribution in [3.8, 4) is 0 Å². The van der Waals surface area contributed by atoms with Crippen LogP contribution in [0, 0.1) is 5.92 Å². The number of hydrogen-bond acceptors (Lipinski definition) is 2. The molecule has 1 aromatic carbocycles. The van der Waals surface area contributed by atoms with Gasteiger partial charge in [-0.05, 0) is 43.4 Å². The van der Waals surface area contributed by atoms with Gasteiger partial charge in [-0.25, -0.2) is 0 Å². The van der Waals surface area contributed by atoms with Crippen LogP contribution in [0.1, 0.15) is 37.7 Å². The molecule has 2 heterocycles. The van der Waals surface area contributed by atoms with Crippen LogP contribution in [0.2, 0.25) is 0 Å². The van der Waals surface area contributed by atoms with E-state index in [0.29, 0.717) is 11.8 Å². The molecule has 1 fully saturated rings. The average Bonchev–Trinajstić information content (AvgIpc) is 2.48. The van der Waals surface area contributed by atoms with E-state index in [1.165, 1.54) is 5.56 Å². The third kappa shape index (κ3) is 2.39. The number of rotatable bonds is 1. The van der Waals surface area contributed by atoms with Crippen molar-refractivity contribution >= 4 is 11.6 Å². The van der Waals surface area contributed by atoms with E-state index in [0.717, 1.165) is 44.6 Å². The molecule has 102 valence electrons. The fourth-order valence-corrected chi connectivity index (χ4v) is 3.26. The maximum absolute atomic E-state index is 12.7. The number of nitrogens with zero attached hydrogens (tertiary/aromatic N) is 1. The first-order valence-electron chi connectivity index (χ1n) is 7.38. The number of carbonyl (C=O) groups excluding carboxylic acids is 1. The topological polar surface area (TPSA) is 32.3 Å². The van der Waals surface area contributed by atoms with E-state index in [-0.39, 0.29) is 5.92 Å². The molecule has 0 saturated carbocycles. The highest BCUT2D eigenvalue weighted by Gasteiger charge is 2.31. The summed E-state index contributed by atoms with van der Waals surface area (Å²) in [6, 6.07) is 8.37. The molecule has 2 atom stereocenters. The molecular weight excluding hydrogens is 236 g/mol. The molecule has 3 heteroatoms. The van der Waals surface area contributed by atoms with Crippen molar-refractivity contribution in [1.29, 1.82) is 0 Å². The first kappa shape index (κ1) is 12.7. The largest absolute Gasteiger partial charge is 0.316 e. The van der Waals surface area contributed by atoms with Gasteiger partial charge in [0.15, 0.2) is 0 Å². The highest BCUT2D eigenvalue weighted by atomic mass is 16.2. The lowest BCUT2D eigenvalue weighted by Crippen LogP contribution is -2.45. The highest BCUT2D eigenvalue weighted by molar-refractivity contribution is 5.96. The molecule has 0 aromatic heterocycles. The minimum absolute atomic E-state index is 0.162. The van der Waals surface area contributed by atoms with Gasteiger partial charge in [-0.15, -0.1) is 0 Å². The van der Waals surface area contributed by atoms with Gasteiger partial charge >= 0.3 is 0 Å². The van der Waals surface area contributed by atoms with Crippen molar-refractivity contribution < 1.29 is 4.79 Å². The lowest BCUT2D eigenvalue weighted by Gasteiger charge is -2.36. The van der Waals surface area contributed by atoms with Crippen LogP contribution in [0.5, 0.6) is 0 Å². The zero-order valence-electron chi connectivity index (χ0n) is 11.6. The smallest absolute Gasteiger partial charge is 0.231 e. The van der Waals surface area contributed by atoms with Crippen molar-refractivity contribution in [1.82, 2.24) is 5.32 Å². The van der Waals surface area contributed by atoms with Crippen molar-refractivity contribution in [2.24, 2.45) is 5.92 Å². The molecule has 3 rings (SSSR count). The minimum Gasteiger partial charge on any atom is -0.316 e. The van der Waals surface area contributed by atoms with Gasteiger partial charge in [0.25, 0.3) is 0 Å². The van der Waals surface area contributed by atoms with E-state index < -0.39 is 0 Å². The first-order chi connectivity index (χ1) is 9.27. The van der Waals surface area contributed by atoms with Gasteiger partial charge in [-0.2, -0.15) is 0 Å². The quantitative estimate of drug-likeness (QED) is 0.839. The molecule has 0 bridgehead atoms. The number of nitrogens with one attached hydrogen (secondary N) is 1. The van der Waals surface area contributed by atoms with Crippen LogP contribution in [0.4, 0.5) is 5.69 Å². The molecule has 1 aromatic rings. The Labute approximate surface area is 115 Å². The van der Waals surface area contributed by atoms with Gasteiger partial charge in [-0.3, -0.25) is 4.79 Å². The predicted molar refractivity (Wildman–Crippen MR) is 77.4 cm³/mol. The molecule has 19 heavy (non-hydrogen) atoms. The molecule has 1 unspecified atom stereocenters. The number of benzene rings is 1. The van der Waals surface area contributed by atoms with E-state index in [4.69, 9.17) is 0 Å². The van der Waals surface area contributed by atoms with Gasteiger partial charge in [0, 0.05) is 18.8 Å². The molecule has 0 radical (unpaired) electrons. The lowest BCUT2D eigenvalue weighted by atomic mass is 9.89. The SMILES string of the molecule is CC1CCN(C(=O)[C@@H]2CCCNC2)c2ccccc21. The minimum atomic E-state index is 0.162. The molecule has 2 aliphatic heterocycles. The summed E-state index contributed by atoms with van der Waals surface area (Å²) in [5, 5.41) is 3.34. The van der Waals surface area contributed by atoms with E-state index in [1.54, 1.807) is 0 Å². The molecule has 1 amide bonds. The van der Waals surface area contributed by atoms with E-state index in [2.05, 4.69) is 30.4 Å². The Hall–Kier alpha value is -1.35. The van der Waals surface area contributed by atoms with Crippen LogP contribution in [0.15, 0.2) is 24.3 Å². The van der Waals surface area contributed by atoms with Crippen molar-refractivity contribution in [2.75, 3.05) is 24.5 Å². The van der Waals surface area contributed by atoms with E-state index >= 15 is 0 Å². The molecule has 3 nitrogen and oxygen atoms in total. The summed E-state index contributed by atoms with van der Waals surface area (Å²) in [7, 11) is 0. The Morgan fingerprint density at radius 3 is 2.95 bits per heavy atom. The summed E-state index contributed by atoms with van der Waals surface area (Å²) in [4.78, 5) is 14.7. The zero-order valence-corrected chi connectivity index (χ0v) is 11.6. The van der Waals surface area contributed by atoms with Crippen LogP contribution >= 0.6 is 0 Å². The zero-order chi connectivity index (χ0) is 13.2. The van der Waals surface area contributed by atoms with Crippen LogP contribution in [-0.2, 0) is 4.79 Å². The summed E-state index contributed by atoms with van der Waals surface area (Å²) in [6.45, 7) is 5.01. The van der Waals surface area contributed by atoms with Gasteiger partial charge in [0.1, 0.15) is 0 Å². The standard InChI is InChI=1S/C16H22N2O/c1-12-8-10-18(15-7-3-2-6-14(12)15)16(19)13-5-4-9-17-11-13/h2-3,6-7,12-13,17H,4-5,8-11H2,1H3/t12?,13-/m1/s1. The first-order valence-corrected chi connectivity index (χ1v) is 7.38. The van der Waals surface area contributed by atoms with Crippen molar-refractivity contribution in [3.05, 3.63) is 29.8 Å². The Bertz CT molecular complexity index is 466. The van der Waals surface area contributed by atoms with Crippen LogP contribution in [-0.4, -0.2) is 25.5 Å². The van der Waals surface area contributed by atoms with Crippen LogP contribution in [0.25, 0.3) is 0 Å². The van der Waals surface area contributed by atoms with E-state index in [1.807, 2.05) is 11.0 Å². The number of amides is 1. The van der Waals surface area contributed by atoms with Gasteiger partial charge in [0.05, 0.1) is 5.92 Å². The lowest BCUT2D eigenvalue weighted by molar-refractivity contribution is -0.123. The predicted octanol–water partition coefficient (Wildman–Crippen LogP) is 2.53. The average molecular weight is 258 g/mol. The third-order valence-corrected chi connectivity index (χ3v) is 4.46. The summed E-state index contributed by atoms with van der Waals surface area (Å²) in [5.41, 5.74) is 2.46. The molecule has 2 aliphatic rings. The second-order valence-corrected chi connectivity index (χ2v) is 5.78. The number of anilines is 1. The molecular formula is C16H22N2O. The normalized spacial score (nSPS) is 26.9. The molecule has 0 spiro atoms. The fourth-order valence-electron chi connectivity index (χ4n) is 3.26. The van der Waals surface area contributed by atoms with Crippen molar-refractivity contribution in [3.63, 3.8) is 0 Å². The third-order valence-electron chi connectivity index (χ3n) is 4.46. The number of fused-ring (bicyclic) bond motifs is 1. The maximum atomic E-state index is 12.7. The molecule has 1 N–H and O–H groups in total. The Morgan fingerprint density at radius 2 is 2.16 bits per heavy atom. The van der Waals surface area contributed by atoms with Crippen molar-refractivity contribution in [2.45, 2.75) is 32.1 Å². The monoisotopic (exact) mass is 258 g/mol. The van der Waals surface area contributed by atoms with Crippen LogP contribution < -0.4 is 10.2 Å². The molecule has 1 saturated heterocycles. The number of carbonyl (C=O) groups is 1. The highest BCUT2D eigenvalue weighted by Crippen LogP contribution is 2.35. The van der Waals surface area contributed by atoms with E-state index in [9.17, 15) is 4.79 Å². The van der Waals surface area contributed by atoms with Crippen LogP contribution in [0.3, 0.4) is 0 Å². The second kappa shape index (κ2) is 5.33. The van der Waals surface area contributed by atoms with Gasteiger partial charge < -0.3 is 10.2 Å². The van der Waals surface area contributed by atoms with Gasteiger partial charge in [-0.1, -0.05) is 25.1 Å². The Morgan fingerprint density at radius 1 is 1.32 bits per heavy atom. The second-order valence-electron chi connectivity index (χ2n) is 5.78. The summed E-state index contributed by atoms with van der Waals surface area (Å²) in [6.07, 6.45) is 3.21. The maximum Gasteiger partial charge on any atom is 0.231 e. The molecule has 0 aliphatic carbocycles. The summed E-state index contributed by atoms with van der Waals surface area (Å²) in [5.74, 6) is 1.03. The number of hydrogen-bond donors (Lipinski definition) is 1.